The largest absolute Gasteiger partial charge is 0.355 e. The summed E-state index contributed by atoms with van der Waals surface area (Å²) in [6.45, 7) is 3.17. The molecule has 3 heteroatoms. The molecule has 1 N–H and O–H groups in total. The van der Waals surface area contributed by atoms with Crippen molar-refractivity contribution in [1.29, 1.82) is 0 Å². The first-order valence-electron chi connectivity index (χ1n) is 6.67. The zero-order valence-electron chi connectivity index (χ0n) is 10.8. The predicted octanol–water partition coefficient (Wildman–Crippen LogP) is 2.21. The molecule has 1 aromatic heterocycles. The number of para-hydroxylation sites is 1. The zero-order valence-corrected chi connectivity index (χ0v) is 10.8. The number of pyridine rings is 1. The van der Waals surface area contributed by atoms with Gasteiger partial charge in [0.05, 0.1) is 5.52 Å². The number of likely N-dealkylation sites (N-methyl/N-ethyl adjacent to an activating group) is 1. The molecule has 3 rings (SSSR count). The van der Waals surface area contributed by atoms with E-state index in [9.17, 15) is 0 Å². The van der Waals surface area contributed by atoms with Crippen LogP contribution in [-0.2, 0) is 6.42 Å². The molecule has 0 unspecified atom stereocenters. The van der Waals surface area contributed by atoms with Gasteiger partial charge in [0.2, 0.25) is 0 Å². The van der Waals surface area contributed by atoms with E-state index < -0.39 is 0 Å². The van der Waals surface area contributed by atoms with Gasteiger partial charge in [0, 0.05) is 25.0 Å². The van der Waals surface area contributed by atoms with Gasteiger partial charge >= 0.3 is 0 Å². The molecule has 18 heavy (non-hydrogen) atoms. The fourth-order valence-electron chi connectivity index (χ4n) is 2.64. The maximum atomic E-state index is 4.85. The Morgan fingerprint density at radius 2 is 2.22 bits per heavy atom. The first-order valence-corrected chi connectivity index (χ1v) is 6.67. The van der Waals surface area contributed by atoms with Gasteiger partial charge in [-0.05, 0) is 37.6 Å². The molecule has 94 valence electrons. The van der Waals surface area contributed by atoms with Gasteiger partial charge in [-0.1, -0.05) is 18.2 Å². The lowest BCUT2D eigenvalue weighted by Gasteiger charge is -2.30. The number of nitrogens with one attached hydrogen (secondary N) is 1. The molecule has 1 aromatic carbocycles. The Morgan fingerprint density at radius 3 is 3.11 bits per heavy atom. The topological polar surface area (TPSA) is 28.2 Å². The van der Waals surface area contributed by atoms with E-state index >= 15 is 0 Å². The van der Waals surface area contributed by atoms with Gasteiger partial charge in [0.1, 0.15) is 5.82 Å². The summed E-state index contributed by atoms with van der Waals surface area (Å²) in [6, 6.07) is 10.7. The van der Waals surface area contributed by atoms with Crippen molar-refractivity contribution < 1.29 is 0 Å². The van der Waals surface area contributed by atoms with E-state index in [-0.39, 0.29) is 0 Å². The number of aryl methyl sites for hydroxylation is 1. The molecule has 0 spiro atoms. The monoisotopic (exact) mass is 241 g/mol. The number of hydrogen-bond donors (Lipinski definition) is 1. The molecule has 0 radical (unpaired) electrons. The quantitative estimate of drug-likeness (QED) is 0.893. The highest BCUT2D eigenvalue weighted by Crippen LogP contribution is 2.28. The first-order chi connectivity index (χ1) is 8.88. The molecule has 0 amide bonds. The molecule has 0 fully saturated rings. The van der Waals surface area contributed by atoms with Crippen molar-refractivity contribution in [2.45, 2.75) is 12.8 Å². The summed E-state index contributed by atoms with van der Waals surface area (Å²) in [6.07, 6.45) is 2.39. The molecule has 1 aliphatic heterocycles. The zero-order chi connectivity index (χ0) is 12.4. The summed E-state index contributed by atoms with van der Waals surface area (Å²) in [5.74, 6) is 1.19. The number of benzene rings is 1. The number of fused-ring (bicyclic) bond motifs is 2. The van der Waals surface area contributed by atoms with Crippen LogP contribution in [0.5, 0.6) is 0 Å². The molecule has 0 saturated heterocycles. The predicted molar refractivity (Wildman–Crippen MR) is 76.2 cm³/mol. The summed E-state index contributed by atoms with van der Waals surface area (Å²) >= 11 is 0. The minimum atomic E-state index is 1.01. The fraction of sp³-hybridized carbons (Fsp3) is 0.400. The first kappa shape index (κ1) is 11.5. The maximum Gasteiger partial charge on any atom is 0.132 e. The van der Waals surface area contributed by atoms with E-state index in [1.807, 2.05) is 7.05 Å². The Kier molecular flexibility index (Phi) is 3.15. The van der Waals surface area contributed by atoms with Crippen LogP contribution in [0.4, 0.5) is 5.82 Å². The van der Waals surface area contributed by atoms with Crippen molar-refractivity contribution in [1.82, 2.24) is 10.3 Å². The van der Waals surface area contributed by atoms with E-state index in [0.717, 1.165) is 31.6 Å². The van der Waals surface area contributed by atoms with Crippen molar-refractivity contribution in [3.8, 4) is 0 Å². The van der Waals surface area contributed by atoms with E-state index in [2.05, 4.69) is 40.5 Å². The minimum Gasteiger partial charge on any atom is -0.355 e. The molecule has 0 saturated carbocycles. The van der Waals surface area contributed by atoms with E-state index in [1.54, 1.807) is 0 Å². The molecule has 0 aliphatic carbocycles. The fourth-order valence-corrected chi connectivity index (χ4v) is 2.64. The SMILES string of the molecule is CNCCN1CCCc2cc3ccccc3nc21. The van der Waals surface area contributed by atoms with Crippen LogP contribution < -0.4 is 10.2 Å². The molecule has 2 heterocycles. The van der Waals surface area contributed by atoms with Crippen molar-refractivity contribution in [2.24, 2.45) is 0 Å². The second-order valence-electron chi connectivity index (χ2n) is 4.86. The van der Waals surface area contributed by atoms with Crippen LogP contribution in [0.2, 0.25) is 0 Å². The van der Waals surface area contributed by atoms with Crippen molar-refractivity contribution in [3.05, 3.63) is 35.9 Å². The molecule has 0 bridgehead atoms. The average Bonchev–Trinajstić information content (AvgIpc) is 2.43. The van der Waals surface area contributed by atoms with Crippen LogP contribution in [0.1, 0.15) is 12.0 Å². The van der Waals surface area contributed by atoms with Crippen molar-refractivity contribution >= 4 is 16.7 Å². The van der Waals surface area contributed by atoms with E-state index in [4.69, 9.17) is 4.98 Å². The highest BCUT2D eigenvalue weighted by Gasteiger charge is 2.18. The molecule has 0 atom stereocenters. The van der Waals surface area contributed by atoms with Gasteiger partial charge < -0.3 is 10.2 Å². The standard InChI is InChI=1S/C15H19N3/c1-16-8-10-18-9-4-6-13-11-12-5-2-3-7-14(12)17-15(13)18/h2-3,5,7,11,16H,4,6,8-10H2,1H3. The maximum absolute atomic E-state index is 4.85. The number of nitrogens with zero attached hydrogens (tertiary/aromatic N) is 2. The normalized spacial score (nSPS) is 14.8. The molecular formula is C15H19N3. The van der Waals surface area contributed by atoms with Crippen molar-refractivity contribution in [2.75, 3.05) is 31.6 Å². The second-order valence-corrected chi connectivity index (χ2v) is 4.86. The highest BCUT2D eigenvalue weighted by molar-refractivity contribution is 5.82. The van der Waals surface area contributed by atoms with Crippen molar-refractivity contribution in [3.63, 3.8) is 0 Å². The Morgan fingerprint density at radius 1 is 1.33 bits per heavy atom. The lowest BCUT2D eigenvalue weighted by Crippen LogP contribution is -2.35. The summed E-state index contributed by atoms with van der Waals surface area (Å²) in [4.78, 5) is 7.25. The van der Waals surface area contributed by atoms with Gasteiger partial charge in [-0.3, -0.25) is 0 Å². The summed E-state index contributed by atoms with van der Waals surface area (Å²) in [5.41, 5.74) is 2.50. The molecule has 1 aliphatic rings. The number of anilines is 1. The summed E-state index contributed by atoms with van der Waals surface area (Å²) < 4.78 is 0. The third-order valence-corrected chi connectivity index (χ3v) is 3.59. The minimum absolute atomic E-state index is 1.01. The van der Waals surface area contributed by atoms with Crippen LogP contribution >= 0.6 is 0 Å². The van der Waals surface area contributed by atoms with Gasteiger partial charge in [0.15, 0.2) is 0 Å². The molecule has 3 nitrogen and oxygen atoms in total. The van der Waals surface area contributed by atoms with Crippen LogP contribution in [-0.4, -0.2) is 31.7 Å². The number of hydrogen-bond acceptors (Lipinski definition) is 3. The van der Waals surface area contributed by atoms with Crippen LogP contribution in [0.3, 0.4) is 0 Å². The second kappa shape index (κ2) is 4.94. The Balaban J connectivity index is 2.02. The van der Waals surface area contributed by atoms with E-state index in [0.29, 0.717) is 0 Å². The summed E-state index contributed by atoms with van der Waals surface area (Å²) in [5, 5.41) is 4.47. The Hall–Kier alpha value is -1.61. The van der Waals surface area contributed by atoms with Gasteiger partial charge in [0.25, 0.3) is 0 Å². The van der Waals surface area contributed by atoms with E-state index in [1.165, 1.54) is 23.2 Å². The van der Waals surface area contributed by atoms with Crippen LogP contribution in [0, 0.1) is 0 Å². The highest BCUT2D eigenvalue weighted by atomic mass is 15.2. The van der Waals surface area contributed by atoms with Gasteiger partial charge in [-0.25, -0.2) is 4.98 Å². The molecular weight excluding hydrogens is 222 g/mol. The van der Waals surface area contributed by atoms with Gasteiger partial charge in [-0.2, -0.15) is 0 Å². The lowest BCUT2D eigenvalue weighted by atomic mass is 10.0. The lowest BCUT2D eigenvalue weighted by molar-refractivity contribution is 0.656. The van der Waals surface area contributed by atoms with Crippen LogP contribution in [0.25, 0.3) is 10.9 Å². The third kappa shape index (κ3) is 2.06. The Bertz CT molecular complexity index is 550. The summed E-state index contributed by atoms with van der Waals surface area (Å²) in [7, 11) is 2.00. The Labute approximate surface area is 108 Å². The smallest absolute Gasteiger partial charge is 0.132 e. The molecule has 2 aromatic rings. The van der Waals surface area contributed by atoms with Gasteiger partial charge in [-0.15, -0.1) is 0 Å². The average molecular weight is 241 g/mol. The van der Waals surface area contributed by atoms with Crippen LogP contribution in [0.15, 0.2) is 30.3 Å². The third-order valence-electron chi connectivity index (χ3n) is 3.59. The number of rotatable bonds is 3. The number of aromatic nitrogens is 1.